The van der Waals surface area contributed by atoms with Gasteiger partial charge in [-0.15, -0.1) is 16.4 Å². The van der Waals surface area contributed by atoms with Crippen LogP contribution < -0.4 is 10.9 Å². The van der Waals surface area contributed by atoms with Crippen molar-refractivity contribution in [2.75, 3.05) is 7.11 Å². The molecule has 0 fully saturated rings. The molecule has 3 aromatic heterocycles. The second-order valence-corrected chi connectivity index (χ2v) is 10.9. The second kappa shape index (κ2) is 13.5. The number of H-pyrrole nitrogens is 1. The number of carbonyl (C=O) groups is 2. The number of amides is 1. The molecule has 2 N–H and O–H groups in total. The van der Waals surface area contributed by atoms with Crippen LogP contribution in [0.4, 0.5) is 4.39 Å². The minimum Gasteiger partial charge on any atom is -0.469 e. The van der Waals surface area contributed by atoms with E-state index in [0.29, 0.717) is 16.8 Å². The molecule has 0 unspecified atom stereocenters. The number of hydrogen-bond donors (Lipinski definition) is 2. The normalized spacial score (nSPS) is 11.9. The van der Waals surface area contributed by atoms with Gasteiger partial charge in [-0.25, -0.2) is 14.5 Å². The van der Waals surface area contributed by atoms with Crippen molar-refractivity contribution in [3.63, 3.8) is 0 Å². The molecule has 0 aliphatic carbocycles. The topological polar surface area (TPSA) is 158 Å². The molecule has 44 heavy (non-hydrogen) atoms. The number of thiazole rings is 1. The summed E-state index contributed by atoms with van der Waals surface area (Å²) in [6.07, 6.45) is 4.10. The molecule has 15 heteroatoms. The lowest BCUT2D eigenvalue weighted by Crippen LogP contribution is -2.30. The van der Waals surface area contributed by atoms with Gasteiger partial charge < -0.3 is 10.1 Å². The highest BCUT2D eigenvalue weighted by Crippen LogP contribution is 2.26. The first-order chi connectivity index (χ1) is 21.2. The molecule has 12 nitrogen and oxygen atoms in total. The molecular formula is C29H24ClFN8O4S. The summed E-state index contributed by atoms with van der Waals surface area (Å²) < 4.78 is 21.0. The lowest BCUT2D eigenvalue weighted by Gasteiger charge is -2.17. The van der Waals surface area contributed by atoms with Gasteiger partial charge in [0.25, 0.3) is 5.56 Å². The van der Waals surface area contributed by atoms with E-state index in [0.717, 1.165) is 22.3 Å². The van der Waals surface area contributed by atoms with Gasteiger partial charge in [-0.1, -0.05) is 35.9 Å². The van der Waals surface area contributed by atoms with Crippen LogP contribution in [0.1, 0.15) is 33.6 Å². The number of halogens is 2. The summed E-state index contributed by atoms with van der Waals surface area (Å²) in [6.45, 7) is 1.86. The van der Waals surface area contributed by atoms with Gasteiger partial charge in [0, 0.05) is 29.1 Å². The Kier molecular flexibility index (Phi) is 9.31. The van der Waals surface area contributed by atoms with Crippen LogP contribution in [0, 0.1) is 12.7 Å². The molecule has 1 atom stereocenters. The molecule has 0 saturated carbocycles. The molecule has 5 rings (SSSR count). The Balaban J connectivity index is 1.44. The number of aryl methyl sites for hydroxylation is 1. The Morgan fingerprint density at radius 1 is 1.23 bits per heavy atom. The fourth-order valence-electron chi connectivity index (χ4n) is 4.32. The number of tetrazole rings is 1. The van der Waals surface area contributed by atoms with Gasteiger partial charge in [-0.3, -0.25) is 14.4 Å². The number of hydrogen-bond acceptors (Lipinski definition) is 10. The highest BCUT2D eigenvalue weighted by Gasteiger charge is 2.21. The first-order valence-corrected chi connectivity index (χ1v) is 14.3. The summed E-state index contributed by atoms with van der Waals surface area (Å²) in [4.78, 5) is 42.1. The molecule has 0 bridgehead atoms. The van der Waals surface area contributed by atoms with E-state index in [4.69, 9.17) is 16.3 Å². The molecule has 0 saturated heterocycles. The van der Waals surface area contributed by atoms with E-state index in [1.54, 1.807) is 30.3 Å². The summed E-state index contributed by atoms with van der Waals surface area (Å²) in [5.41, 5.74) is 2.67. The highest BCUT2D eigenvalue weighted by molar-refractivity contribution is 7.09. The van der Waals surface area contributed by atoms with E-state index in [2.05, 4.69) is 36.0 Å². The summed E-state index contributed by atoms with van der Waals surface area (Å²) in [7, 11) is 1.32. The van der Waals surface area contributed by atoms with Crippen LogP contribution in [0.5, 0.6) is 0 Å². The third kappa shape index (κ3) is 7.10. The number of benzene rings is 2. The lowest BCUT2D eigenvalue weighted by atomic mass is 10.0. The average molecular weight is 635 g/mol. The number of methoxy groups -OCH3 is 1. The van der Waals surface area contributed by atoms with E-state index in [9.17, 15) is 14.4 Å². The Labute approximate surface area is 258 Å². The van der Waals surface area contributed by atoms with Crippen LogP contribution in [0.15, 0.2) is 65.0 Å². The standard InChI is InChI=1S/C29H24ClFN8O4S/c1-16-14-44-26(33-16)13-22(23-12-20(29(42)36-35-23)18-5-3-17(4-6-18)11-27(41)43-2)34-25(40)10-7-19-24(39-15-32-37-38-39)9-8-21(30)28(19)31/h3-10,12,14-15,22H,11,13H2,1-2H3,(H,34,40)(H,36,42)/b10-7+/t22-/m0/s1. The molecule has 0 spiro atoms. The smallest absolute Gasteiger partial charge is 0.309 e. The van der Waals surface area contributed by atoms with Crippen molar-refractivity contribution in [1.82, 2.24) is 40.7 Å². The van der Waals surface area contributed by atoms with Crippen molar-refractivity contribution in [2.24, 2.45) is 0 Å². The van der Waals surface area contributed by atoms with Crippen molar-refractivity contribution in [2.45, 2.75) is 25.8 Å². The minimum absolute atomic E-state index is 0.00662. The lowest BCUT2D eigenvalue weighted by molar-refractivity contribution is -0.139. The van der Waals surface area contributed by atoms with E-state index < -0.39 is 23.3 Å². The fraction of sp³-hybridized carbons (Fsp3) is 0.172. The number of nitrogens with zero attached hydrogens (tertiary/aromatic N) is 6. The number of aromatic nitrogens is 7. The number of carbonyl (C=O) groups excluding carboxylic acids is 2. The Hall–Kier alpha value is -5.08. The van der Waals surface area contributed by atoms with E-state index >= 15 is 4.39 Å². The number of rotatable bonds is 10. The Bertz CT molecular complexity index is 1890. The van der Waals surface area contributed by atoms with Crippen molar-refractivity contribution >= 4 is 40.9 Å². The van der Waals surface area contributed by atoms with Crippen molar-refractivity contribution in [3.05, 3.63) is 109 Å². The van der Waals surface area contributed by atoms with Crippen LogP contribution in [0.3, 0.4) is 0 Å². The number of ether oxygens (including phenoxy) is 1. The Morgan fingerprint density at radius 3 is 2.70 bits per heavy atom. The van der Waals surface area contributed by atoms with E-state index in [1.807, 2.05) is 12.3 Å². The van der Waals surface area contributed by atoms with Crippen LogP contribution in [0.25, 0.3) is 22.9 Å². The maximum atomic E-state index is 15.0. The van der Waals surface area contributed by atoms with Crippen molar-refractivity contribution in [3.8, 4) is 16.8 Å². The molecule has 0 radical (unpaired) electrons. The molecule has 2 aromatic carbocycles. The average Bonchev–Trinajstić information content (AvgIpc) is 3.70. The predicted molar refractivity (Wildman–Crippen MR) is 161 cm³/mol. The second-order valence-electron chi connectivity index (χ2n) is 9.52. The number of aromatic amines is 1. The van der Waals surface area contributed by atoms with Crippen LogP contribution >= 0.6 is 22.9 Å². The summed E-state index contributed by atoms with van der Waals surface area (Å²) in [5, 5.41) is 23.0. The first-order valence-electron chi connectivity index (χ1n) is 13.1. The van der Waals surface area contributed by atoms with E-state index in [-0.39, 0.29) is 35.1 Å². The van der Waals surface area contributed by atoms with Gasteiger partial charge in [-0.05, 0) is 52.8 Å². The maximum absolute atomic E-state index is 15.0. The third-order valence-corrected chi connectivity index (χ3v) is 7.77. The molecule has 5 aromatic rings. The summed E-state index contributed by atoms with van der Waals surface area (Å²) in [6, 6.07) is 10.7. The van der Waals surface area contributed by atoms with Crippen LogP contribution in [-0.4, -0.2) is 54.4 Å². The summed E-state index contributed by atoms with van der Waals surface area (Å²) >= 11 is 7.42. The van der Waals surface area contributed by atoms with Gasteiger partial charge in [0.05, 0.1) is 46.5 Å². The SMILES string of the molecule is COC(=O)Cc1ccc(-c2cc([C@H](Cc3nc(C)cs3)NC(=O)/C=C/c3c(-n4cnnn4)ccc(Cl)c3F)n[nH]c2=O)cc1. The van der Waals surface area contributed by atoms with Crippen LogP contribution in [0.2, 0.25) is 5.02 Å². The number of nitrogens with one attached hydrogen (secondary N) is 2. The largest absolute Gasteiger partial charge is 0.469 e. The number of esters is 1. The van der Waals surface area contributed by atoms with Gasteiger partial charge >= 0.3 is 5.97 Å². The minimum atomic E-state index is -0.747. The fourth-order valence-corrected chi connectivity index (χ4v) is 5.30. The molecule has 224 valence electrons. The predicted octanol–water partition coefficient (Wildman–Crippen LogP) is 3.80. The summed E-state index contributed by atoms with van der Waals surface area (Å²) in [5.74, 6) is -1.69. The Morgan fingerprint density at radius 2 is 2.02 bits per heavy atom. The zero-order valence-electron chi connectivity index (χ0n) is 23.3. The zero-order valence-corrected chi connectivity index (χ0v) is 24.9. The van der Waals surface area contributed by atoms with Crippen LogP contribution in [-0.2, 0) is 27.2 Å². The molecule has 1 amide bonds. The maximum Gasteiger partial charge on any atom is 0.309 e. The first kappa shape index (κ1) is 30.4. The van der Waals surface area contributed by atoms with Gasteiger partial charge in [0.2, 0.25) is 5.91 Å². The van der Waals surface area contributed by atoms with E-state index in [1.165, 1.54) is 47.7 Å². The highest BCUT2D eigenvalue weighted by atomic mass is 35.5. The molecule has 0 aliphatic heterocycles. The van der Waals surface area contributed by atoms with Gasteiger partial charge in [0.1, 0.15) is 6.33 Å². The molecular weight excluding hydrogens is 611 g/mol. The van der Waals surface area contributed by atoms with Gasteiger partial charge in [0.15, 0.2) is 5.82 Å². The molecule has 3 heterocycles. The molecule has 0 aliphatic rings. The van der Waals surface area contributed by atoms with Crippen molar-refractivity contribution in [1.29, 1.82) is 0 Å². The third-order valence-electron chi connectivity index (χ3n) is 6.49. The van der Waals surface area contributed by atoms with Gasteiger partial charge in [-0.2, -0.15) is 9.78 Å². The van der Waals surface area contributed by atoms with Crippen molar-refractivity contribution < 1.29 is 18.7 Å². The monoisotopic (exact) mass is 634 g/mol. The zero-order chi connectivity index (χ0) is 31.2. The quantitative estimate of drug-likeness (QED) is 0.172.